The molecule has 1 aliphatic rings. The minimum atomic E-state index is -0.935. The van der Waals surface area contributed by atoms with Crippen LogP contribution in [0.15, 0.2) is 22.6 Å². The van der Waals surface area contributed by atoms with Crippen LogP contribution in [0.25, 0.3) is 11.1 Å². The van der Waals surface area contributed by atoms with Gasteiger partial charge in [-0.1, -0.05) is 6.42 Å². The zero-order valence-corrected chi connectivity index (χ0v) is 9.35. The van der Waals surface area contributed by atoms with Crippen LogP contribution in [0.3, 0.4) is 0 Å². The van der Waals surface area contributed by atoms with Crippen molar-refractivity contribution in [1.82, 2.24) is 4.98 Å². The van der Waals surface area contributed by atoms with Gasteiger partial charge in [-0.3, -0.25) is 0 Å². The molecule has 1 saturated carbocycles. The summed E-state index contributed by atoms with van der Waals surface area (Å²) in [5.41, 5.74) is 1.56. The Morgan fingerprint density at radius 3 is 2.94 bits per heavy atom. The lowest BCUT2D eigenvalue weighted by molar-refractivity contribution is 0.0697. The SMILES string of the molecule is O=C(O)c1ccc2oc(CC3CCC3)nc2c1. The van der Waals surface area contributed by atoms with Gasteiger partial charge in [-0.25, -0.2) is 9.78 Å². The molecule has 0 unspecified atom stereocenters. The van der Waals surface area contributed by atoms with Crippen molar-refractivity contribution in [2.75, 3.05) is 0 Å². The molecule has 17 heavy (non-hydrogen) atoms. The highest BCUT2D eigenvalue weighted by Gasteiger charge is 2.20. The molecule has 0 spiro atoms. The number of nitrogens with zero attached hydrogens (tertiary/aromatic N) is 1. The van der Waals surface area contributed by atoms with Gasteiger partial charge in [0.1, 0.15) is 5.52 Å². The van der Waals surface area contributed by atoms with E-state index in [4.69, 9.17) is 9.52 Å². The Bertz CT molecular complexity index is 569. The van der Waals surface area contributed by atoms with E-state index in [1.54, 1.807) is 18.2 Å². The first kappa shape index (κ1) is 10.3. The standard InChI is InChI=1S/C13H13NO3/c15-13(16)9-4-5-11-10(7-9)14-12(17-11)6-8-2-1-3-8/h4-5,7-8H,1-3,6H2,(H,15,16). The summed E-state index contributed by atoms with van der Waals surface area (Å²) in [5, 5.41) is 8.89. The first-order chi connectivity index (χ1) is 8.22. The highest BCUT2D eigenvalue weighted by Crippen LogP contribution is 2.30. The molecule has 1 aromatic carbocycles. The second-order valence-corrected chi connectivity index (χ2v) is 4.60. The van der Waals surface area contributed by atoms with Crippen molar-refractivity contribution >= 4 is 17.1 Å². The topological polar surface area (TPSA) is 63.3 Å². The lowest BCUT2D eigenvalue weighted by Gasteiger charge is -2.23. The Balaban J connectivity index is 1.91. The molecule has 3 rings (SSSR count). The molecule has 0 radical (unpaired) electrons. The first-order valence-corrected chi connectivity index (χ1v) is 5.85. The number of aromatic carboxylic acids is 1. The number of carboxylic acids is 1. The minimum absolute atomic E-state index is 0.251. The average molecular weight is 231 g/mol. The third kappa shape index (κ3) is 1.90. The zero-order chi connectivity index (χ0) is 11.8. The maximum Gasteiger partial charge on any atom is 0.335 e. The van der Waals surface area contributed by atoms with Gasteiger partial charge in [-0.15, -0.1) is 0 Å². The Morgan fingerprint density at radius 2 is 2.29 bits per heavy atom. The van der Waals surface area contributed by atoms with Gasteiger partial charge >= 0.3 is 5.97 Å². The van der Waals surface area contributed by atoms with Crippen molar-refractivity contribution in [2.45, 2.75) is 25.7 Å². The molecular formula is C13H13NO3. The van der Waals surface area contributed by atoms with Crippen LogP contribution in [0.4, 0.5) is 0 Å². The first-order valence-electron chi connectivity index (χ1n) is 5.85. The van der Waals surface area contributed by atoms with Gasteiger partial charge in [0.15, 0.2) is 11.5 Å². The van der Waals surface area contributed by atoms with E-state index in [9.17, 15) is 4.79 Å². The quantitative estimate of drug-likeness (QED) is 0.882. The number of carbonyl (C=O) groups is 1. The Morgan fingerprint density at radius 1 is 1.47 bits per heavy atom. The highest BCUT2D eigenvalue weighted by molar-refractivity contribution is 5.91. The molecule has 0 amide bonds. The molecule has 1 N–H and O–H groups in total. The van der Waals surface area contributed by atoms with E-state index in [-0.39, 0.29) is 5.56 Å². The van der Waals surface area contributed by atoms with E-state index >= 15 is 0 Å². The number of aromatic nitrogens is 1. The molecule has 0 bridgehead atoms. The normalized spacial score (nSPS) is 16.0. The van der Waals surface area contributed by atoms with E-state index < -0.39 is 5.97 Å². The van der Waals surface area contributed by atoms with Crippen LogP contribution in [0, 0.1) is 5.92 Å². The Kier molecular flexibility index (Phi) is 2.35. The Hall–Kier alpha value is -1.84. The third-order valence-electron chi connectivity index (χ3n) is 3.37. The summed E-state index contributed by atoms with van der Waals surface area (Å²) in [4.78, 5) is 15.2. The van der Waals surface area contributed by atoms with Crippen molar-refractivity contribution in [3.8, 4) is 0 Å². The van der Waals surface area contributed by atoms with Crippen molar-refractivity contribution < 1.29 is 14.3 Å². The number of carboxylic acid groups (broad SMARTS) is 1. The van der Waals surface area contributed by atoms with Crippen molar-refractivity contribution in [3.05, 3.63) is 29.7 Å². The Labute approximate surface area is 98.3 Å². The predicted octanol–water partition coefficient (Wildman–Crippen LogP) is 2.87. The number of oxazole rings is 1. The summed E-state index contributed by atoms with van der Waals surface area (Å²) in [5.74, 6) is 0.490. The summed E-state index contributed by atoms with van der Waals surface area (Å²) in [7, 11) is 0. The van der Waals surface area contributed by atoms with Crippen LogP contribution < -0.4 is 0 Å². The van der Waals surface area contributed by atoms with Gasteiger partial charge in [0.05, 0.1) is 5.56 Å². The molecule has 88 valence electrons. The summed E-state index contributed by atoms with van der Waals surface area (Å²) in [6, 6.07) is 4.78. The molecule has 0 atom stereocenters. The largest absolute Gasteiger partial charge is 0.478 e. The van der Waals surface area contributed by atoms with Crippen LogP contribution in [0.1, 0.15) is 35.5 Å². The van der Waals surface area contributed by atoms with Crippen LogP contribution in [-0.4, -0.2) is 16.1 Å². The fourth-order valence-corrected chi connectivity index (χ4v) is 2.14. The molecule has 1 fully saturated rings. The van der Waals surface area contributed by atoms with E-state index in [1.807, 2.05) is 0 Å². The van der Waals surface area contributed by atoms with E-state index in [2.05, 4.69) is 4.98 Å². The molecule has 0 aliphatic heterocycles. The predicted molar refractivity (Wildman–Crippen MR) is 62.0 cm³/mol. The fourth-order valence-electron chi connectivity index (χ4n) is 2.14. The van der Waals surface area contributed by atoms with Crippen molar-refractivity contribution in [2.24, 2.45) is 5.92 Å². The number of fused-ring (bicyclic) bond motifs is 1. The second-order valence-electron chi connectivity index (χ2n) is 4.60. The monoisotopic (exact) mass is 231 g/mol. The van der Waals surface area contributed by atoms with Crippen LogP contribution in [-0.2, 0) is 6.42 Å². The lowest BCUT2D eigenvalue weighted by atomic mass is 9.83. The van der Waals surface area contributed by atoms with Gasteiger partial charge < -0.3 is 9.52 Å². The van der Waals surface area contributed by atoms with Gasteiger partial charge in [-0.05, 0) is 37.0 Å². The molecule has 4 nitrogen and oxygen atoms in total. The number of hydrogen-bond donors (Lipinski definition) is 1. The smallest absolute Gasteiger partial charge is 0.335 e. The summed E-state index contributed by atoms with van der Waals surface area (Å²) < 4.78 is 5.61. The molecule has 1 heterocycles. The van der Waals surface area contributed by atoms with Crippen LogP contribution >= 0.6 is 0 Å². The van der Waals surface area contributed by atoms with Gasteiger partial charge in [0.2, 0.25) is 0 Å². The summed E-state index contributed by atoms with van der Waals surface area (Å²) >= 11 is 0. The lowest BCUT2D eigenvalue weighted by Crippen LogP contribution is -2.13. The number of hydrogen-bond acceptors (Lipinski definition) is 3. The molecule has 1 aromatic heterocycles. The average Bonchev–Trinajstić information content (AvgIpc) is 2.64. The maximum absolute atomic E-state index is 10.8. The third-order valence-corrected chi connectivity index (χ3v) is 3.37. The van der Waals surface area contributed by atoms with Gasteiger partial charge in [0.25, 0.3) is 0 Å². The van der Waals surface area contributed by atoms with E-state index in [0.29, 0.717) is 17.0 Å². The van der Waals surface area contributed by atoms with Crippen LogP contribution in [0.2, 0.25) is 0 Å². The van der Waals surface area contributed by atoms with Gasteiger partial charge in [0, 0.05) is 6.42 Å². The maximum atomic E-state index is 10.8. The summed E-state index contributed by atoms with van der Waals surface area (Å²) in [6.07, 6.45) is 4.67. The molecule has 0 saturated heterocycles. The zero-order valence-electron chi connectivity index (χ0n) is 9.35. The van der Waals surface area contributed by atoms with Crippen molar-refractivity contribution in [1.29, 1.82) is 0 Å². The molecule has 4 heteroatoms. The molecule has 1 aliphatic carbocycles. The van der Waals surface area contributed by atoms with Gasteiger partial charge in [-0.2, -0.15) is 0 Å². The molecular weight excluding hydrogens is 218 g/mol. The fraction of sp³-hybridized carbons (Fsp3) is 0.385. The van der Waals surface area contributed by atoms with E-state index in [0.717, 1.165) is 12.3 Å². The van der Waals surface area contributed by atoms with Crippen molar-refractivity contribution in [3.63, 3.8) is 0 Å². The number of benzene rings is 1. The molecule has 2 aromatic rings. The number of rotatable bonds is 3. The second kappa shape index (κ2) is 3.87. The van der Waals surface area contributed by atoms with Crippen LogP contribution in [0.5, 0.6) is 0 Å². The highest BCUT2D eigenvalue weighted by atomic mass is 16.4. The minimum Gasteiger partial charge on any atom is -0.478 e. The summed E-state index contributed by atoms with van der Waals surface area (Å²) in [6.45, 7) is 0. The van der Waals surface area contributed by atoms with E-state index in [1.165, 1.54) is 19.3 Å².